The van der Waals surface area contributed by atoms with E-state index in [1.807, 2.05) is 19.1 Å². The number of ether oxygens (including phenoxy) is 1. The van der Waals surface area contributed by atoms with Crippen LogP contribution in [0.3, 0.4) is 0 Å². The number of Topliss-reactive ketones (excluding diaryl/α,β-unsaturated/α-hetero) is 1. The van der Waals surface area contributed by atoms with Crippen molar-refractivity contribution in [2.45, 2.75) is 40.2 Å². The summed E-state index contributed by atoms with van der Waals surface area (Å²) in [7, 11) is 0. The molecule has 5 nitrogen and oxygen atoms in total. The summed E-state index contributed by atoms with van der Waals surface area (Å²) in [6.45, 7) is 6.80. The molecular formula is C16H21N3O2. The number of aromatic nitrogens is 3. The number of hydrogen-bond acceptors (Lipinski definition) is 4. The Bertz CT molecular complexity index is 602. The highest BCUT2D eigenvalue weighted by atomic mass is 16.5. The molecule has 0 radical (unpaired) electrons. The Labute approximate surface area is 124 Å². The van der Waals surface area contributed by atoms with Crippen LogP contribution in [0.2, 0.25) is 0 Å². The molecule has 0 aliphatic carbocycles. The van der Waals surface area contributed by atoms with Crippen molar-refractivity contribution >= 4 is 5.78 Å². The zero-order valence-electron chi connectivity index (χ0n) is 12.8. The largest absolute Gasteiger partial charge is 0.494 e. The van der Waals surface area contributed by atoms with Crippen LogP contribution in [0.1, 0.15) is 42.0 Å². The van der Waals surface area contributed by atoms with E-state index in [1.54, 1.807) is 4.68 Å². The van der Waals surface area contributed by atoms with Crippen LogP contribution < -0.4 is 4.74 Å². The van der Waals surface area contributed by atoms with Gasteiger partial charge in [0.2, 0.25) is 0 Å². The lowest BCUT2D eigenvalue weighted by atomic mass is 10.2. The van der Waals surface area contributed by atoms with Crippen LogP contribution in [0.15, 0.2) is 24.3 Å². The second-order valence-electron chi connectivity index (χ2n) is 5.00. The SMILES string of the molecule is CCc1ccc(OCCCn2nnc(C(C)=O)c2C)cc1. The molecule has 0 aliphatic rings. The molecule has 0 N–H and O–H groups in total. The first-order valence-corrected chi connectivity index (χ1v) is 7.24. The van der Waals surface area contributed by atoms with E-state index >= 15 is 0 Å². The van der Waals surface area contributed by atoms with Crippen molar-refractivity contribution in [3.8, 4) is 5.75 Å². The molecule has 2 aromatic rings. The number of nitrogens with zero attached hydrogens (tertiary/aromatic N) is 3. The fourth-order valence-electron chi connectivity index (χ4n) is 2.12. The lowest BCUT2D eigenvalue weighted by molar-refractivity contribution is 0.101. The third kappa shape index (κ3) is 3.90. The molecule has 5 heteroatoms. The molecule has 0 fully saturated rings. The molecule has 0 bridgehead atoms. The summed E-state index contributed by atoms with van der Waals surface area (Å²) in [5.74, 6) is 0.831. The first-order chi connectivity index (χ1) is 10.1. The summed E-state index contributed by atoms with van der Waals surface area (Å²) in [6, 6.07) is 8.15. The van der Waals surface area contributed by atoms with Gasteiger partial charge in [0.25, 0.3) is 0 Å². The van der Waals surface area contributed by atoms with E-state index in [0.29, 0.717) is 18.8 Å². The maximum absolute atomic E-state index is 11.3. The Morgan fingerprint density at radius 3 is 2.57 bits per heavy atom. The maximum Gasteiger partial charge on any atom is 0.181 e. The van der Waals surface area contributed by atoms with Gasteiger partial charge < -0.3 is 4.74 Å². The third-order valence-corrected chi connectivity index (χ3v) is 3.43. The van der Waals surface area contributed by atoms with Crippen molar-refractivity contribution in [1.82, 2.24) is 15.0 Å². The predicted molar refractivity (Wildman–Crippen MR) is 80.7 cm³/mol. The first-order valence-electron chi connectivity index (χ1n) is 7.24. The molecular weight excluding hydrogens is 266 g/mol. The van der Waals surface area contributed by atoms with Gasteiger partial charge >= 0.3 is 0 Å². The quantitative estimate of drug-likeness (QED) is 0.580. The van der Waals surface area contributed by atoms with E-state index in [1.165, 1.54) is 12.5 Å². The monoisotopic (exact) mass is 287 g/mol. The summed E-state index contributed by atoms with van der Waals surface area (Å²) in [4.78, 5) is 11.3. The second kappa shape index (κ2) is 7.02. The van der Waals surface area contributed by atoms with E-state index in [9.17, 15) is 4.79 Å². The minimum Gasteiger partial charge on any atom is -0.494 e. The van der Waals surface area contributed by atoms with Crippen LogP contribution >= 0.6 is 0 Å². The molecule has 0 spiro atoms. The Morgan fingerprint density at radius 2 is 2.00 bits per heavy atom. The van der Waals surface area contributed by atoms with Gasteiger partial charge in [0.05, 0.1) is 12.3 Å². The summed E-state index contributed by atoms with van der Waals surface area (Å²) >= 11 is 0. The van der Waals surface area contributed by atoms with E-state index in [2.05, 4.69) is 29.4 Å². The minimum absolute atomic E-state index is 0.0500. The molecule has 2 rings (SSSR count). The van der Waals surface area contributed by atoms with E-state index < -0.39 is 0 Å². The molecule has 21 heavy (non-hydrogen) atoms. The fraction of sp³-hybridized carbons (Fsp3) is 0.438. The number of ketones is 1. The normalized spacial score (nSPS) is 10.6. The van der Waals surface area contributed by atoms with Gasteiger partial charge in [-0.2, -0.15) is 0 Å². The van der Waals surface area contributed by atoms with Gasteiger partial charge in [-0.05, 0) is 31.0 Å². The number of rotatable bonds is 7. The number of carbonyl (C=O) groups is 1. The summed E-state index contributed by atoms with van der Waals surface area (Å²) in [5.41, 5.74) is 2.57. The molecule has 1 aromatic carbocycles. The van der Waals surface area contributed by atoms with Crippen LogP contribution in [0.25, 0.3) is 0 Å². The highest BCUT2D eigenvalue weighted by Crippen LogP contribution is 2.13. The zero-order chi connectivity index (χ0) is 15.2. The van der Waals surface area contributed by atoms with Gasteiger partial charge in [0.15, 0.2) is 11.5 Å². The van der Waals surface area contributed by atoms with Crippen LogP contribution in [0, 0.1) is 6.92 Å². The molecule has 0 aliphatic heterocycles. The van der Waals surface area contributed by atoms with Crippen molar-refractivity contribution < 1.29 is 9.53 Å². The maximum atomic E-state index is 11.3. The Kier molecular flexibility index (Phi) is 5.09. The lowest BCUT2D eigenvalue weighted by Gasteiger charge is -2.07. The van der Waals surface area contributed by atoms with Crippen molar-refractivity contribution in [3.63, 3.8) is 0 Å². The molecule has 0 amide bonds. The Balaban J connectivity index is 1.80. The van der Waals surface area contributed by atoms with Gasteiger partial charge in [-0.1, -0.05) is 24.3 Å². The van der Waals surface area contributed by atoms with Gasteiger partial charge in [-0.3, -0.25) is 4.79 Å². The summed E-state index contributed by atoms with van der Waals surface area (Å²) in [6.07, 6.45) is 1.85. The highest BCUT2D eigenvalue weighted by molar-refractivity contribution is 5.92. The number of carbonyl (C=O) groups excluding carboxylic acids is 1. The van der Waals surface area contributed by atoms with Gasteiger partial charge in [-0.25, -0.2) is 4.68 Å². The standard InChI is InChI=1S/C16H21N3O2/c1-4-14-6-8-15(9-7-14)21-11-5-10-19-12(2)16(13(3)20)17-18-19/h6-9H,4-5,10-11H2,1-3H3. The van der Waals surface area contributed by atoms with Crippen molar-refractivity contribution in [3.05, 3.63) is 41.2 Å². The second-order valence-corrected chi connectivity index (χ2v) is 5.00. The van der Waals surface area contributed by atoms with Gasteiger partial charge in [0.1, 0.15) is 5.75 Å². The van der Waals surface area contributed by atoms with Crippen molar-refractivity contribution in [1.29, 1.82) is 0 Å². The topological polar surface area (TPSA) is 57.0 Å². The minimum atomic E-state index is -0.0500. The molecule has 1 aromatic heterocycles. The lowest BCUT2D eigenvalue weighted by Crippen LogP contribution is -2.08. The molecule has 0 saturated heterocycles. The first kappa shape index (κ1) is 15.2. The van der Waals surface area contributed by atoms with Crippen LogP contribution in [0.5, 0.6) is 5.75 Å². The van der Waals surface area contributed by atoms with Crippen LogP contribution in [0.4, 0.5) is 0 Å². The molecule has 0 atom stereocenters. The average Bonchev–Trinajstić information content (AvgIpc) is 2.85. The summed E-state index contributed by atoms with van der Waals surface area (Å²) in [5, 5.41) is 7.89. The van der Waals surface area contributed by atoms with Crippen LogP contribution in [-0.2, 0) is 13.0 Å². The smallest absolute Gasteiger partial charge is 0.181 e. The van der Waals surface area contributed by atoms with Crippen molar-refractivity contribution in [2.75, 3.05) is 6.61 Å². The van der Waals surface area contributed by atoms with E-state index in [0.717, 1.165) is 24.3 Å². The molecule has 0 saturated carbocycles. The zero-order valence-corrected chi connectivity index (χ0v) is 12.8. The third-order valence-electron chi connectivity index (χ3n) is 3.43. The number of benzene rings is 1. The molecule has 1 heterocycles. The van der Waals surface area contributed by atoms with Gasteiger partial charge in [-0.15, -0.1) is 5.10 Å². The predicted octanol–water partition coefficient (Wildman–Crippen LogP) is 2.82. The number of hydrogen-bond donors (Lipinski definition) is 0. The fourth-order valence-corrected chi connectivity index (χ4v) is 2.12. The Morgan fingerprint density at radius 1 is 1.29 bits per heavy atom. The Hall–Kier alpha value is -2.17. The van der Waals surface area contributed by atoms with Crippen LogP contribution in [-0.4, -0.2) is 27.4 Å². The molecule has 0 unspecified atom stereocenters. The van der Waals surface area contributed by atoms with Crippen molar-refractivity contribution in [2.24, 2.45) is 0 Å². The average molecular weight is 287 g/mol. The van der Waals surface area contributed by atoms with E-state index in [-0.39, 0.29) is 5.78 Å². The van der Waals surface area contributed by atoms with Gasteiger partial charge in [0, 0.05) is 19.9 Å². The summed E-state index contributed by atoms with van der Waals surface area (Å²) < 4.78 is 7.44. The van der Waals surface area contributed by atoms with E-state index in [4.69, 9.17) is 4.74 Å². The highest BCUT2D eigenvalue weighted by Gasteiger charge is 2.11. The number of aryl methyl sites for hydroxylation is 2. The molecule has 112 valence electrons.